The molecule has 0 aliphatic rings. The first-order valence-corrected chi connectivity index (χ1v) is 4.57. The van der Waals surface area contributed by atoms with Crippen molar-refractivity contribution in [3.05, 3.63) is 35.4 Å². The third-order valence-corrected chi connectivity index (χ3v) is 1.79. The van der Waals surface area contributed by atoms with Crippen LogP contribution in [0.5, 0.6) is 0 Å². The minimum atomic E-state index is 0.213. The van der Waals surface area contributed by atoms with Crippen LogP contribution in [0.4, 0.5) is 0 Å². The standard InChI is InChI=1S/C11H15NO2/c1-3-14-11(12)10-6-4-5-9(7-10)8-13-2/h4-7,12H,3,8H2,1-2H3. The van der Waals surface area contributed by atoms with Gasteiger partial charge >= 0.3 is 0 Å². The van der Waals surface area contributed by atoms with E-state index in [-0.39, 0.29) is 5.90 Å². The maximum Gasteiger partial charge on any atom is 0.213 e. The average Bonchev–Trinajstić information content (AvgIpc) is 2.19. The Bertz CT molecular complexity index is 310. The van der Waals surface area contributed by atoms with Crippen molar-refractivity contribution in [1.29, 1.82) is 5.41 Å². The fourth-order valence-electron chi connectivity index (χ4n) is 1.20. The van der Waals surface area contributed by atoms with Crippen LogP contribution in [0.25, 0.3) is 0 Å². The fourth-order valence-corrected chi connectivity index (χ4v) is 1.20. The van der Waals surface area contributed by atoms with E-state index < -0.39 is 0 Å². The van der Waals surface area contributed by atoms with E-state index in [0.717, 1.165) is 11.1 Å². The van der Waals surface area contributed by atoms with Crippen molar-refractivity contribution in [2.24, 2.45) is 0 Å². The number of rotatable bonds is 4. The monoisotopic (exact) mass is 193 g/mol. The van der Waals surface area contributed by atoms with Crippen molar-refractivity contribution in [3.63, 3.8) is 0 Å². The summed E-state index contributed by atoms with van der Waals surface area (Å²) < 4.78 is 10.1. The second-order valence-corrected chi connectivity index (χ2v) is 2.90. The van der Waals surface area contributed by atoms with Gasteiger partial charge in [0, 0.05) is 12.7 Å². The van der Waals surface area contributed by atoms with Crippen LogP contribution >= 0.6 is 0 Å². The van der Waals surface area contributed by atoms with Gasteiger partial charge in [0.2, 0.25) is 5.90 Å². The molecule has 14 heavy (non-hydrogen) atoms. The Morgan fingerprint density at radius 2 is 2.21 bits per heavy atom. The Labute approximate surface area is 84.2 Å². The third-order valence-electron chi connectivity index (χ3n) is 1.79. The molecule has 76 valence electrons. The van der Waals surface area contributed by atoms with Gasteiger partial charge in [-0.15, -0.1) is 0 Å². The van der Waals surface area contributed by atoms with Gasteiger partial charge in [-0.05, 0) is 24.6 Å². The topological polar surface area (TPSA) is 42.3 Å². The fraction of sp³-hybridized carbons (Fsp3) is 0.364. The van der Waals surface area contributed by atoms with Gasteiger partial charge in [-0.2, -0.15) is 0 Å². The first kappa shape index (κ1) is 10.7. The van der Waals surface area contributed by atoms with E-state index in [1.54, 1.807) is 7.11 Å². The molecule has 0 amide bonds. The lowest BCUT2D eigenvalue weighted by Gasteiger charge is -2.06. The summed E-state index contributed by atoms with van der Waals surface area (Å²) in [6.45, 7) is 2.95. The molecule has 0 saturated heterocycles. The number of hydrogen-bond acceptors (Lipinski definition) is 3. The summed E-state index contributed by atoms with van der Waals surface area (Å²) in [4.78, 5) is 0. The van der Waals surface area contributed by atoms with Crippen molar-refractivity contribution in [1.82, 2.24) is 0 Å². The molecular weight excluding hydrogens is 178 g/mol. The largest absolute Gasteiger partial charge is 0.478 e. The van der Waals surface area contributed by atoms with Gasteiger partial charge < -0.3 is 9.47 Å². The molecule has 3 nitrogen and oxygen atoms in total. The Morgan fingerprint density at radius 1 is 1.43 bits per heavy atom. The predicted octanol–water partition coefficient (Wildman–Crippen LogP) is 2.19. The van der Waals surface area contributed by atoms with Gasteiger partial charge in [0.25, 0.3) is 0 Å². The second-order valence-electron chi connectivity index (χ2n) is 2.90. The minimum absolute atomic E-state index is 0.213. The highest BCUT2D eigenvalue weighted by Gasteiger charge is 2.02. The molecule has 0 unspecified atom stereocenters. The van der Waals surface area contributed by atoms with Gasteiger partial charge in [-0.3, -0.25) is 5.41 Å². The van der Waals surface area contributed by atoms with Crippen LogP contribution in [0, 0.1) is 5.41 Å². The zero-order chi connectivity index (χ0) is 10.4. The molecule has 0 spiro atoms. The van der Waals surface area contributed by atoms with Gasteiger partial charge in [0.05, 0.1) is 13.2 Å². The lowest BCUT2D eigenvalue weighted by Crippen LogP contribution is -2.05. The maximum absolute atomic E-state index is 7.60. The second kappa shape index (κ2) is 5.40. The highest BCUT2D eigenvalue weighted by Crippen LogP contribution is 2.07. The van der Waals surface area contributed by atoms with Crippen molar-refractivity contribution in [3.8, 4) is 0 Å². The molecule has 0 aliphatic carbocycles. The number of benzene rings is 1. The summed E-state index contributed by atoms with van der Waals surface area (Å²) in [6.07, 6.45) is 0. The number of methoxy groups -OCH3 is 1. The summed E-state index contributed by atoms with van der Waals surface area (Å²) in [7, 11) is 1.65. The molecular formula is C11H15NO2. The number of nitrogens with one attached hydrogen (secondary N) is 1. The van der Waals surface area contributed by atoms with E-state index >= 15 is 0 Å². The lowest BCUT2D eigenvalue weighted by atomic mass is 10.1. The summed E-state index contributed by atoms with van der Waals surface area (Å²) in [5.41, 5.74) is 1.84. The Morgan fingerprint density at radius 3 is 2.86 bits per heavy atom. The first-order chi connectivity index (χ1) is 6.77. The summed E-state index contributed by atoms with van der Waals surface area (Å²) >= 11 is 0. The van der Waals surface area contributed by atoms with Crippen LogP contribution in [-0.2, 0) is 16.1 Å². The molecule has 0 fully saturated rings. The minimum Gasteiger partial charge on any atom is -0.478 e. The van der Waals surface area contributed by atoms with Crippen LogP contribution in [0.15, 0.2) is 24.3 Å². The zero-order valence-corrected chi connectivity index (χ0v) is 8.54. The van der Waals surface area contributed by atoms with Crippen molar-refractivity contribution < 1.29 is 9.47 Å². The van der Waals surface area contributed by atoms with Crippen LogP contribution in [0.1, 0.15) is 18.1 Å². The normalized spacial score (nSPS) is 9.86. The zero-order valence-electron chi connectivity index (χ0n) is 8.54. The van der Waals surface area contributed by atoms with E-state index in [0.29, 0.717) is 13.2 Å². The quantitative estimate of drug-likeness (QED) is 0.588. The van der Waals surface area contributed by atoms with E-state index in [1.165, 1.54) is 0 Å². The molecule has 0 saturated carbocycles. The summed E-state index contributed by atoms with van der Waals surface area (Å²) in [5, 5.41) is 7.60. The Kier molecular flexibility index (Phi) is 4.13. The lowest BCUT2D eigenvalue weighted by molar-refractivity contribution is 0.185. The third kappa shape index (κ3) is 2.85. The molecule has 3 heteroatoms. The van der Waals surface area contributed by atoms with Crippen LogP contribution in [0.3, 0.4) is 0 Å². The Balaban J connectivity index is 2.77. The molecule has 1 rings (SSSR count). The van der Waals surface area contributed by atoms with E-state index in [1.807, 2.05) is 31.2 Å². The molecule has 0 aromatic heterocycles. The Hall–Kier alpha value is -1.35. The van der Waals surface area contributed by atoms with Crippen molar-refractivity contribution >= 4 is 5.90 Å². The first-order valence-electron chi connectivity index (χ1n) is 4.57. The maximum atomic E-state index is 7.60. The number of hydrogen-bond donors (Lipinski definition) is 1. The van der Waals surface area contributed by atoms with Gasteiger partial charge in [0.1, 0.15) is 0 Å². The number of ether oxygens (including phenoxy) is 2. The molecule has 0 radical (unpaired) electrons. The predicted molar refractivity (Wildman–Crippen MR) is 55.6 cm³/mol. The molecule has 0 atom stereocenters. The molecule has 0 bridgehead atoms. The van der Waals surface area contributed by atoms with Gasteiger partial charge in [-0.25, -0.2) is 0 Å². The van der Waals surface area contributed by atoms with Gasteiger partial charge in [-0.1, -0.05) is 12.1 Å². The van der Waals surface area contributed by atoms with Crippen molar-refractivity contribution in [2.75, 3.05) is 13.7 Å². The SMILES string of the molecule is CCOC(=N)c1cccc(COC)c1. The average molecular weight is 193 g/mol. The molecule has 1 N–H and O–H groups in total. The van der Waals surface area contributed by atoms with Crippen LogP contribution < -0.4 is 0 Å². The highest BCUT2D eigenvalue weighted by atomic mass is 16.5. The smallest absolute Gasteiger partial charge is 0.213 e. The summed E-state index contributed by atoms with van der Waals surface area (Å²) in [6, 6.07) is 7.63. The summed E-state index contributed by atoms with van der Waals surface area (Å²) in [5.74, 6) is 0.213. The van der Waals surface area contributed by atoms with E-state index in [2.05, 4.69) is 0 Å². The highest BCUT2D eigenvalue weighted by molar-refractivity contribution is 5.91. The molecule has 0 heterocycles. The van der Waals surface area contributed by atoms with Crippen molar-refractivity contribution in [2.45, 2.75) is 13.5 Å². The molecule has 0 aliphatic heterocycles. The molecule has 1 aromatic rings. The van der Waals surface area contributed by atoms with E-state index in [4.69, 9.17) is 14.9 Å². The van der Waals surface area contributed by atoms with Gasteiger partial charge in [0.15, 0.2) is 0 Å². The van der Waals surface area contributed by atoms with E-state index in [9.17, 15) is 0 Å². The van der Waals surface area contributed by atoms with Crippen LogP contribution in [-0.4, -0.2) is 19.6 Å². The van der Waals surface area contributed by atoms with Crippen LogP contribution in [0.2, 0.25) is 0 Å². The molecule has 1 aromatic carbocycles.